The second-order valence-electron chi connectivity index (χ2n) is 5.33. The summed E-state index contributed by atoms with van der Waals surface area (Å²) in [7, 11) is 0. The molecule has 0 spiro atoms. The average Bonchev–Trinajstić information content (AvgIpc) is 3.09. The number of hydrogen-bond donors (Lipinski definition) is 1. The highest BCUT2D eigenvalue weighted by Crippen LogP contribution is 2.28. The molecule has 4 nitrogen and oxygen atoms in total. The van der Waals surface area contributed by atoms with Crippen LogP contribution >= 0.6 is 34.9 Å². The van der Waals surface area contributed by atoms with E-state index in [4.69, 9.17) is 4.74 Å². The number of carbonyl (C=O) groups excluding carboxylic acids is 1. The van der Waals surface area contributed by atoms with Gasteiger partial charge < -0.3 is 10.1 Å². The first-order valence-electron chi connectivity index (χ1n) is 7.95. The van der Waals surface area contributed by atoms with E-state index in [2.05, 4.69) is 17.2 Å². The molecule has 1 amide bonds. The van der Waals surface area contributed by atoms with Crippen LogP contribution in [0.2, 0.25) is 0 Å². The summed E-state index contributed by atoms with van der Waals surface area (Å²) in [6, 6.07) is 7.91. The lowest BCUT2D eigenvalue weighted by atomic mass is 10.2. The Labute approximate surface area is 154 Å². The predicted octanol–water partition coefficient (Wildman–Crippen LogP) is 4.39. The lowest BCUT2D eigenvalue weighted by Gasteiger charge is -2.19. The Morgan fingerprint density at radius 1 is 1.33 bits per heavy atom. The highest BCUT2D eigenvalue weighted by atomic mass is 32.2. The van der Waals surface area contributed by atoms with E-state index in [1.165, 1.54) is 11.3 Å². The summed E-state index contributed by atoms with van der Waals surface area (Å²) in [5.41, 5.74) is 1.90. The second kappa shape index (κ2) is 8.78. The summed E-state index contributed by atoms with van der Waals surface area (Å²) in [5, 5.41) is 5.62. The van der Waals surface area contributed by atoms with E-state index < -0.39 is 0 Å². The van der Waals surface area contributed by atoms with Crippen LogP contribution in [0.15, 0.2) is 29.6 Å². The number of nitrogens with zero attached hydrogens (tertiary/aromatic N) is 1. The van der Waals surface area contributed by atoms with Gasteiger partial charge in [-0.2, -0.15) is 11.8 Å². The number of amides is 1. The molecule has 1 saturated heterocycles. The molecule has 1 aromatic carbocycles. The molecule has 1 unspecified atom stereocenters. The van der Waals surface area contributed by atoms with Crippen molar-refractivity contribution >= 4 is 45.9 Å². The third-order valence-corrected chi connectivity index (χ3v) is 6.98. The summed E-state index contributed by atoms with van der Waals surface area (Å²) in [5.74, 6) is 3.99. The van der Waals surface area contributed by atoms with Crippen LogP contribution in [0.3, 0.4) is 0 Å². The summed E-state index contributed by atoms with van der Waals surface area (Å²) in [6.45, 7) is 2.81. The third-order valence-electron chi connectivity index (χ3n) is 3.47. The van der Waals surface area contributed by atoms with Crippen molar-refractivity contribution < 1.29 is 9.53 Å². The first-order valence-corrected chi connectivity index (χ1v) is 11.0. The number of ether oxygens (including phenoxy) is 1. The van der Waals surface area contributed by atoms with Crippen LogP contribution in [0.5, 0.6) is 5.75 Å². The number of hydrogen-bond acceptors (Lipinski definition) is 6. The summed E-state index contributed by atoms with van der Waals surface area (Å²) >= 11 is 5.04. The zero-order valence-corrected chi connectivity index (χ0v) is 15.9. The predicted molar refractivity (Wildman–Crippen MR) is 106 cm³/mol. The molecule has 3 rings (SSSR count). The normalized spacial score (nSPS) is 17.5. The molecule has 24 heavy (non-hydrogen) atoms. The van der Waals surface area contributed by atoms with E-state index in [9.17, 15) is 4.79 Å². The van der Waals surface area contributed by atoms with Crippen LogP contribution in [-0.2, 0) is 4.79 Å². The van der Waals surface area contributed by atoms with Crippen LogP contribution in [0.25, 0.3) is 11.3 Å². The number of nitrogens with one attached hydrogen (secondary N) is 1. The second-order valence-corrected chi connectivity index (χ2v) is 8.65. The summed E-state index contributed by atoms with van der Waals surface area (Å²) in [4.78, 5) is 16.8. The van der Waals surface area contributed by atoms with Crippen molar-refractivity contribution in [3.05, 3.63) is 29.6 Å². The van der Waals surface area contributed by atoms with Crippen LogP contribution < -0.4 is 10.1 Å². The minimum atomic E-state index is 0.0334. The number of aromatic nitrogens is 1. The van der Waals surface area contributed by atoms with Crippen molar-refractivity contribution in [2.75, 3.05) is 29.2 Å². The topological polar surface area (TPSA) is 51.2 Å². The highest BCUT2D eigenvalue weighted by molar-refractivity contribution is 8.07. The van der Waals surface area contributed by atoms with Gasteiger partial charge in [0.2, 0.25) is 5.91 Å². The van der Waals surface area contributed by atoms with Gasteiger partial charge >= 0.3 is 0 Å². The Morgan fingerprint density at radius 2 is 2.17 bits per heavy atom. The smallest absolute Gasteiger partial charge is 0.240 e. The van der Waals surface area contributed by atoms with Gasteiger partial charge in [0.05, 0.1) is 17.6 Å². The lowest BCUT2D eigenvalue weighted by Crippen LogP contribution is -2.30. The van der Waals surface area contributed by atoms with Crippen molar-refractivity contribution in [2.45, 2.75) is 18.6 Å². The number of anilines is 1. The summed E-state index contributed by atoms with van der Waals surface area (Å²) < 4.78 is 5.59. The van der Waals surface area contributed by atoms with Crippen molar-refractivity contribution in [2.24, 2.45) is 0 Å². The molecule has 1 fully saturated rings. The Balaban J connectivity index is 1.61. The molecule has 0 aliphatic carbocycles. The first-order chi connectivity index (χ1) is 11.8. The van der Waals surface area contributed by atoms with Crippen molar-refractivity contribution in [1.29, 1.82) is 0 Å². The number of rotatable bonds is 6. The minimum Gasteiger partial charge on any atom is -0.494 e. The van der Waals surface area contributed by atoms with E-state index in [1.54, 1.807) is 11.8 Å². The number of thioether (sulfide) groups is 2. The average molecular weight is 381 g/mol. The first kappa shape index (κ1) is 17.6. The van der Waals surface area contributed by atoms with Gasteiger partial charge in [0.25, 0.3) is 0 Å². The molecule has 0 bridgehead atoms. The molecule has 1 aliphatic rings. The summed E-state index contributed by atoms with van der Waals surface area (Å²) in [6.07, 6.45) is 0.995. The van der Waals surface area contributed by atoms with Gasteiger partial charge in [-0.15, -0.1) is 23.1 Å². The molecule has 1 aromatic heterocycles. The number of carbonyl (C=O) groups is 1. The maximum absolute atomic E-state index is 12.3. The fraction of sp³-hybridized carbons (Fsp3) is 0.412. The molecular formula is C17H20N2O2S3. The Kier molecular flexibility index (Phi) is 6.45. The highest BCUT2D eigenvalue weighted by Gasteiger charge is 2.23. The standard InChI is InChI=1S/C17H20N2O2S3/c1-2-7-21-13-5-3-12(4-6-13)14-10-24-17(18-14)19-16(20)15-11-22-8-9-23-15/h3-6,10,15H,2,7-9,11H2,1H3,(H,18,19,20). The zero-order chi connectivity index (χ0) is 16.8. The van der Waals surface area contributed by atoms with Gasteiger partial charge in [0, 0.05) is 28.2 Å². The fourth-order valence-electron chi connectivity index (χ4n) is 2.23. The largest absolute Gasteiger partial charge is 0.494 e. The molecule has 1 atom stereocenters. The van der Waals surface area contributed by atoms with Gasteiger partial charge in [0.1, 0.15) is 5.75 Å². The van der Waals surface area contributed by atoms with Gasteiger partial charge in [-0.05, 0) is 30.7 Å². The molecular weight excluding hydrogens is 360 g/mol. The van der Waals surface area contributed by atoms with E-state index in [0.717, 1.165) is 47.3 Å². The molecule has 7 heteroatoms. The number of benzene rings is 1. The quantitative estimate of drug-likeness (QED) is 0.806. The van der Waals surface area contributed by atoms with E-state index in [1.807, 2.05) is 41.4 Å². The minimum absolute atomic E-state index is 0.0334. The molecule has 128 valence electrons. The van der Waals surface area contributed by atoms with Crippen LogP contribution in [0.1, 0.15) is 13.3 Å². The zero-order valence-electron chi connectivity index (χ0n) is 13.5. The molecule has 1 N–H and O–H groups in total. The van der Waals surface area contributed by atoms with Gasteiger partial charge in [0.15, 0.2) is 5.13 Å². The molecule has 1 aliphatic heterocycles. The lowest BCUT2D eigenvalue weighted by molar-refractivity contribution is -0.115. The van der Waals surface area contributed by atoms with E-state index in [-0.39, 0.29) is 11.2 Å². The number of thiazole rings is 1. The van der Waals surface area contributed by atoms with E-state index >= 15 is 0 Å². The molecule has 0 radical (unpaired) electrons. The van der Waals surface area contributed by atoms with Crippen LogP contribution in [-0.4, -0.2) is 40.0 Å². The van der Waals surface area contributed by atoms with Crippen LogP contribution in [0.4, 0.5) is 5.13 Å². The monoisotopic (exact) mass is 380 g/mol. The van der Waals surface area contributed by atoms with Gasteiger partial charge in [-0.3, -0.25) is 4.79 Å². The van der Waals surface area contributed by atoms with Gasteiger partial charge in [-0.25, -0.2) is 4.98 Å². The van der Waals surface area contributed by atoms with Crippen LogP contribution in [0, 0.1) is 0 Å². The van der Waals surface area contributed by atoms with E-state index in [0.29, 0.717) is 5.13 Å². The Hall–Kier alpha value is -1.18. The Bertz CT molecular complexity index is 667. The third kappa shape index (κ3) is 4.68. The van der Waals surface area contributed by atoms with Crippen molar-refractivity contribution in [3.8, 4) is 17.0 Å². The molecule has 0 saturated carbocycles. The Morgan fingerprint density at radius 3 is 2.88 bits per heavy atom. The van der Waals surface area contributed by atoms with Crippen molar-refractivity contribution in [1.82, 2.24) is 4.98 Å². The molecule has 2 aromatic rings. The fourth-order valence-corrected chi connectivity index (χ4v) is 5.51. The SMILES string of the molecule is CCCOc1ccc(-c2csc(NC(=O)C3CSCCS3)n2)cc1. The maximum Gasteiger partial charge on any atom is 0.240 e. The van der Waals surface area contributed by atoms with Gasteiger partial charge in [-0.1, -0.05) is 6.92 Å². The van der Waals surface area contributed by atoms with Crippen molar-refractivity contribution in [3.63, 3.8) is 0 Å². The molecule has 2 heterocycles. The maximum atomic E-state index is 12.3.